The van der Waals surface area contributed by atoms with Gasteiger partial charge in [-0.2, -0.15) is 0 Å². The molecule has 0 aliphatic heterocycles. The molecular weight excluding hydrogens is 296 g/mol. The van der Waals surface area contributed by atoms with Crippen LogP contribution < -0.4 is 5.32 Å². The van der Waals surface area contributed by atoms with E-state index in [2.05, 4.69) is 5.32 Å². The minimum Gasteiger partial charge on any atom is -0.481 e. The quantitative estimate of drug-likeness (QED) is 0.869. The van der Waals surface area contributed by atoms with Crippen LogP contribution in [0.5, 0.6) is 0 Å². The molecule has 0 spiro atoms. The van der Waals surface area contributed by atoms with E-state index in [1.807, 2.05) is 0 Å². The maximum atomic E-state index is 12.5. The van der Waals surface area contributed by atoms with Crippen LogP contribution in [0.25, 0.3) is 0 Å². The lowest BCUT2D eigenvalue weighted by Gasteiger charge is -2.23. The van der Waals surface area contributed by atoms with Gasteiger partial charge in [0.15, 0.2) is 0 Å². The Bertz CT molecular complexity index is 523. The average molecular weight is 315 g/mol. The Morgan fingerprint density at radius 1 is 1.18 bits per heavy atom. The number of aliphatic carboxylic acids is 1. The highest BCUT2D eigenvalue weighted by Gasteiger charge is 2.22. The molecule has 0 bridgehead atoms. The number of nitrogens with one attached hydrogen (secondary N) is 1. The molecule has 0 heterocycles. The molecule has 1 aromatic rings. The van der Waals surface area contributed by atoms with Crippen LogP contribution in [-0.2, 0) is 9.53 Å². The van der Waals surface area contributed by atoms with Crippen LogP contribution in [0.1, 0.15) is 50.8 Å². The Morgan fingerprint density at radius 2 is 1.68 bits per heavy atom. The highest BCUT2D eigenvalue weighted by molar-refractivity contribution is 5.72. The summed E-state index contributed by atoms with van der Waals surface area (Å²) in [5, 5.41) is 11.4. The van der Waals surface area contributed by atoms with Gasteiger partial charge in [0.25, 0.3) is 6.43 Å². The summed E-state index contributed by atoms with van der Waals surface area (Å²) in [7, 11) is 0. The predicted octanol–water partition coefficient (Wildman–Crippen LogP) is 3.66. The second kappa shape index (κ2) is 7.20. The summed E-state index contributed by atoms with van der Waals surface area (Å²) < 4.78 is 30.1. The van der Waals surface area contributed by atoms with Crippen molar-refractivity contribution >= 4 is 12.1 Å². The van der Waals surface area contributed by atoms with Crippen molar-refractivity contribution in [1.82, 2.24) is 5.32 Å². The third-order valence-electron chi connectivity index (χ3n) is 2.66. The van der Waals surface area contributed by atoms with Crippen molar-refractivity contribution < 1.29 is 28.2 Å². The smallest absolute Gasteiger partial charge is 0.408 e. The van der Waals surface area contributed by atoms with E-state index in [1.54, 1.807) is 20.8 Å². The van der Waals surface area contributed by atoms with Crippen LogP contribution in [0.4, 0.5) is 13.6 Å². The topological polar surface area (TPSA) is 75.6 Å². The molecule has 1 aromatic carbocycles. The fourth-order valence-electron chi connectivity index (χ4n) is 1.75. The van der Waals surface area contributed by atoms with Crippen LogP contribution in [0.2, 0.25) is 0 Å². The Morgan fingerprint density at radius 3 is 2.09 bits per heavy atom. The van der Waals surface area contributed by atoms with E-state index in [4.69, 9.17) is 9.84 Å². The lowest BCUT2D eigenvalue weighted by Crippen LogP contribution is -2.35. The number of carboxylic acids is 1. The number of benzene rings is 1. The van der Waals surface area contributed by atoms with E-state index >= 15 is 0 Å². The highest BCUT2D eigenvalue weighted by atomic mass is 19.3. The first kappa shape index (κ1) is 17.9. The Balaban J connectivity index is 2.88. The Labute approximate surface area is 127 Å². The number of carboxylic acid groups (broad SMARTS) is 1. The van der Waals surface area contributed by atoms with E-state index in [0.717, 1.165) is 0 Å². The lowest BCUT2D eigenvalue weighted by atomic mass is 10.0. The molecule has 22 heavy (non-hydrogen) atoms. The van der Waals surface area contributed by atoms with Crippen LogP contribution in [0.3, 0.4) is 0 Å². The van der Waals surface area contributed by atoms with Gasteiger partial charge in [0.05, 0.1) is 12.5 Å². The van der Waals surface area contributed by atoms with Crippen molar-refractivity contribution in [2.45, 2.75) is 45.3 Å². The van der Waals surface area contributed by atoms with E-state index in [-0.39, 0.29) is 12.0 Å². The zero-order valence-electron chi connectivity index (χ0n) is 12.6. The Hall–Kier alpha value is -2.18. The van der Waals surface area contributed by atoms with Crippen molar-refractivity contribution in [2.24, 2.45) is 0 Å². The van der Waals surface area contributed by atoms with Gasteiger partial charge in [-0.3, -0.25) is 4.79 Å². The molecule has 0 saturated carbocycles. The van der Waals surface area contributed by atoms with Crippen molar-refractivity contribution in [3.8, 4) is 0 Å². The maximum Gasteiger partial charge on any atom is 0.408 e. The fourth-order valence-corrected chi connectivity index (χ4v) is 1.75. The molecule has 0 aromatic heterocycles. The number of rotatable bonds is 5. The van der Waals surface area contributed by atoms with Gasteiger partial charge in [0.1, 0.15) is 5.60 Å². The van der Waals surface area contributed by atoms with Crippen LogP contribution >= 0.6 is 0 Å². The summed E-state index contributed by atoms with van der Waals surface area (Å²) in [5.41, 5.74) is -0.482. The summed E-state index contributed by atoms with van der Waals surface area (Å²) >= 11 is 0. The van der Waals surface area contributed by atoms with Gasteiger partial charge in [-0.05, 0) is 26.3 Å². The third kappa shape index (κ3) is 6.07. The number of halogens is 2. The minimum absolute atomic E-state index is 0.171. The molecule has 2 N–H and O–H groups in total. The number of carbonyl (C=O) groups excluding carboxylic acids is 1. The number of carbonyl (C=O) groups is 2. The molecule has 5 nitrogen and oxygen atoms in total. The second-order valence-electron chi connectivity index (χ2n) is 5.76. The first-order valence-electron chi connectivity index (χ1n) is 6.68. The van der Waals surface area contributed by atoms with Crippen molar-refractivity contribution in [3.63, 3.8) is 0 Å². The van der Waals surface area contributed by atoms with Crippen LogP contribution in [-0.4, -0.2) is 22.8 Å². The summed E-state index contributed by atoms with van der Waals surface area (Å²) in [6, 6.07) is 4.27. The van der Waals surface area contributed by atoms with Gasteiger partial charge in [-0.25, -0.2) is 13.6 Å². The van der Waals surface area contributed by atoms with Crippen LogP contribution in [0, 0.1) is 0 Å². The SMILES string of the molecule is CC(C)(C)OC(=O)NC(CC(=O)O)c1ccc(C(F)F)cc1. The van der Waals surface area contributed by atoms with Crippen molar-refractivity contribution in [2.75, 3.05) is 0 Å². The van der Waals surface area contributed by atoms with Gasteiger partial charge in [0, 0.05) is 5.56 Å². The van der Waals surface area contributed by atoms with Gasteiger partial charge in [-0.15, -0.1) is 0 Å². The van der Waals surface area contributed by atoms with Gasteiger partial charge >= 0.3 is 12.1 Å². The molecule has 1 rings (SSSR count). The summed E-state index contributed by atoms with van der Waals surface area (Å²) in [5.74, 6) is -1.13. The molecule has 0 saturated heterocycles. The fraction of sp³-hybridized carbons (Fsp3) is 0.467. The monoisotopic (exact) mass is 315 g/mol. The maximum absolute atomic E-state index is 12.5. The molecule has 1 unspecified atom stereocenters. The molecule has 0 radical (unpaired) electrons. The number of alkyl carbamates (subject to hydrolysis) is 1. The van der Waals surface area contributed by atoms with E-state index < -0.39 is 30.1 Å². The lowest BCUT2D eigenvalue weighted by molar-refractivity contribution is -0.137. The second-order valence-corrected chi connectivity index (χ2v) is 5.76. The highest BCUT2D eigenvalue weighted by Crippen LogP contribution is 2.23. The third-order valence-corrected chi connectivity index (χ3v) is 2.66. The molecule has 1 amide bonds. The van der Waals surface area contributed by atoms with Crippen LogP contribution in [0.15, 0.2) is 24.3 Å². The standard InChI is InChI=1S/C15H19F2NO4/c1-15(2,3)22-14(21)18-11(8-12(19)20)9-4-6-10(7-5-9)13(16)17/h4-7,11,13H,8H2,1-3H3,(H,18,21)(H,19,20). The number of hydrogen-bond acceptors (Lipinski definition) is 3. The minimum atomic E-state index is -2.61. The van der Waals surface area contributed by atoms with Gasteiger partial charge < -0.3 is 15.2 Å². The predicted molar refractivity (Wildman–Crippen MR) is 75.8 cm³/mol. The van der Waals surface area contributed by atoms with E-state index in [9.17, 15) is 18.4 Å². The average Bonchev–Trinajstić information content (AvgIpc) is 2.35. The molecule has 0 aliphatic carbocycles. The number of alkyl halides is 2. The summed E-state index contributed by atoms with van der Waals surface area (Å²) in [6.07, 6.45) is -3.75. The number of amides is 1. The zero-order valence-corrected chi connectivity index (χ0v) is 12.6. The largest absolute Gasteiger partial charge is 0.481 e. The number of ether oxygens (including phenoxy) is 1. The Kier molecular flexibility index (Phi) is 5.84. The first-order chi connectivity index (χ1) is 10.1. The zero-order chi connectivity index (χ0) is 16.9. The van der Waals surface area contributed by atoms with Crippen molar-refractivity contribution in [3.05, 3.63) is 35.4 Å². The summed E-state index contributed by atoms with van der Waals surface area (Å²) in [4.78, 5) is 22.7. The number of hydrogen-bond donors (Lipinski definition) is 2. The van der Waals surface area contributed by atoms with E-state index in [1.165, 1.54) is 24.3 Å². The van der Waals surface area contributed by atoms with E-state index in [0.29, 0.717) is 5.56 Å². The molecule has 0 fully saturated rings. The molecule has 0 aliphatic rings. The molecular formula is C15H19F2NO4. The molecule has 1 atom stereocenters. The van der Waals surface area contributed by atoms with Gasteiger partial charge in [0.2, 0.25) is 0 Å². The molecule has 122 valence electrons. The first-order valence-corrected chi connectivity index (χ1v) is 6.68. The van der Waals surface area contributed by atoms with Crippen molar-refractivity contribution in [1.29, 1.82) is 0 Å². The summed E-state index contributed by atoms with van der Waals surface area (Å²) in [6.45, 7) is 5.03. The molecule has 7 heteroatoms. The van der Waals surface area contributed by atoms with Gasteiger partial charge in [-0.1, -0.05) is 24.3 Å². The normalized spacial score (nSPS) is 12.8.